The lowest BCUT2D eigenvalue weighted by Gasteiger charge is -2.40. The fourth-order valence-electron chi connectivity index (χ4n) is 6.88. The number of esters is 1. The molecule has 0 unspecified atom stereocenters. The molecule has 0 amide bonds. The highest BCUT2D eigenvalue weighted by Crippen LogP contribution is 2.40. The minimum Gasteiger partial charge on any atom is -0.466 e. The maximum absolute atomic E-state index is 11.9. The molecule has 1 spiro atoms. The molecular weight excluding hydrogens is 538 g/mol. The highest BCUT2D eigenvalue weighted by Gasteiger charge is 2.40. The van der Waals surface area contributed by atoms with Gasteiger partial charge in [-0.15, -0.1) is 0 Å². The molecule has 0 saturated carbocycles. The van der Waals surface area contributed by atoms with E-state index < -0.39 is 0 Å². The van der Waals surface area contributed by atoms with Crippen LogP contribution >= 0.6 is 0 Å². The zero-order chi connectivity index (χ0) is 30.1. The summed E-state index contributed by atoms with van der Waals surface area (Å²) >= 11 is 0. The van der Waals surface area contributed by atoms with E-state index in [9.17, 15) is 4.79 Å². The molecular formula is C34H51N7O2. The SMILES string of the molecule is CCOC(=O)Cc1ccc(CN(Cc2ncc[nH]2)Cc2nccn2CCCN2CCC3(CCN(CC(C)C)CC3)C2)cc1. The normalized spacial score (nSPS) is 17.4. The monoisotopic (exact) mass is 589 g/mol. The van der Waals surface area contributed by atoms with Crippen LogP contribution < -0.4 is 0 Å². The van der Waals surface area contributed by atoms with Crippen LogP contribution in [0.25, 0.3) is 0 Å². The van der Waals surface area contributed by atoms with Gasteiger partial charge in [0.1, 0.15) is 11.6 Å². The van der Waals surface area contributed by atoms with Crippen molar-refractivity contribution in [1.29, 1.82) is 0 Å². The molecule has 234 valence electrons. The third-order valence-electron chi connectivity index (χ3n) is 9.11. The van der Waals surface area contributed by atoms with Crippen LogP contribution in [0.4, 0.5) is 0 Å². The van der Waals surface area contributed by atoms with Crippen LogP contribution in [-0.2, 0) is 42.1 Å². The fraction of sp³-hybridized carbons (Fsp3) is 0.618. The first kappa shape index (κ1) is 31.4. The zero-order valence-corrected chi connectivity index (χ0v) is 26.5. The summed E-state index contributed by atoms with van der Waals surface area (Å²) in [5.74, 6) is 2.60. The van der Waals surface area contributed by atoms with Gasteiger partial charge in [-0.1, -0.05) is 38.1 Å². The number of carbonyl (C=O) groups excluding carboxylic acids is 1. The Hall–Kier alpha value is -3.01. The lowest BCUT2D eigenvalue weighted by atomic mass is 9.77. The molecule has 2 aliphatic heterocycles. The Balaban J connectivity index is 1.12. The molecule has 0 radical (unpaired) electrons. The number of hydrogen-bond donors (Lipinski definition) is 1. The number of ether oxygens (including phenoxy) is 1. The van der Waals surface area contributed by atoms with Gasteiger partial charge in [-0.2, -0.15) is 0 Å². The number of aromatic nitrogens is 4. The van der Waals surface area contributed by atoms with E-state index in [1.165, 1.54) is 57.5 Å². The average molecular weight is 590 g/mol. The molecule has 2 fully saturated rings. The van der Waals surface area contributed by atoms with Gasteiger partial charge in [0.15, 0.2) is 0 Å². The molecule has 0 atom stereocenters. The van der Waals surface area contributed by atoms with Gasteiger partial charge in [0.05, 0.1) is 26.1 Å². The van der Waals surface area contributed by atoms with Crippen molar-refractivity contribution in [3.63, 3.8) is 0 Å². The van der Waals surface area contributed by atoms with E-state index in [-0.39, 0.29) is 5.97 Å². The number of nitrogens with one attached hydrogen (secondary N) is 1. The standard InChI is InChI=1S/C34H51N7O2/c1-4-43-33(42)22-29-6-8-30(9-7-29)24-40(25-31-35-13-14-36-31)26-32-37-15-21-41(32)17-5-16-39-20-12-34(27-39)10-18-38(19-11-34)23-28(2)3/h6-9,13-15,21,28H,4-5,10-12,16-20,22-27H2,1-3H3,(H,35,36). The van der Waals surface area contributed by atoms with E-state index in [2.05, 4.69) is 61.4 Å². The van der Waals surface area contributed by atoms with Crippen LogP contribution in [0.1, 0.15) is 69.2 Å². The number of imidazole rings is 2. The largest absolute Gasteiger partial charge is 0.466 e. The quantitative estimate of drug-likeness (QED) is 0.256. The number of likely N-dealkylation sites (tertiary alicyclic amines) is 2. The van der Waals surface area contributed by atoms with E-state index in [1.807, 2.05) is 31.5 Å². The number of nitrogens with zero attached hydrogens (tertiary/aromatic N) is 6. The molecule has 43 heavy (non-hydrogen) atoms. The summed E-state index contributed by atoms with van der Waals surface area (Å²) in [5, 5.41) is 0. The minimum atomic E-state index is -0.187. The molecule has 5 rings (SSSR count). The Morgan fingerprint density at radius 1 is 0.977 bits per heavy atom. The second kappa shape index (κ2) is 15.1. The van der Waals surface area contributed by atoms with E-state index in [0.29, 0.717) is 25.0 Å². The number of carbonyl (C=O) groups is 1. The van der Waals surface area contributed by atoms with Crippen LogP contribution in [-0.4, -0.2) is 86.1 Å². The Bertz CT molecular complexity index is 1250. The van der Waals surface area contributed by atoms with Crippen molar-refractivity contribution < 1.29 is 9.53 Å². The van der Waals surface area contributed by atoms with Crippen LogP contribution in [0.15, 0.2) is 49.1 Å². The van der Waals surface area contributed by atoms with Crippen LogP contribution in [0.3, 0.4) is 0 Å². The van der Waals surface area contributed by atoms with Gasteiger partial charge < -0.3 is 24.1 Å². The maximum Gasteiger partial charge on any atom is 0.310 e. The lowest BCUT2D eigenvalue weighted by Crippen LogP contribution is -2.42. The first-order valence-electron chi connectivity index (χ1n) is 16.3. The van der Waals surface area contributed by atoms with E-state index in [0.717, 1.165) is 55.7 Å². The van der Waals surface area contributed by atoms with Crippen LogP contribution in [0, 0.1) is 11.3 Å². The Morgan fingerprint density at radius 2 is 1.72 bits per heavy atom. The van der Waals surface area contributed by atoms with Crippen molar-refractivity contribution >= 4 is 5.97 Å². The highest BCUT2D eigenvalue weighted by molar-refractivity contribution is 5.72. The Labute approximate surface area is 257 Å². The second-order valence-electron chi connectivity index (χ2n) is 13.1. The molecule has 2 aliphatic rings. The van der Waals surface area contributed by atoms with E-state index in [4.69, 9.17) is 9.72 Å². The number of H-pyrrole nitrogens is 1. The average Bonchev–Trinajstić information content (AvgIpc) is 3.74. The molecule has 1 aromatic carbocycles. The molecule has 3 aromatic rings. The van der Waals surface area contributed by atoms with Gasteiger partial charge in [0.2, 0.25) is 0 Å². The van der Waals surface area contributed by atoms with E-state index in [1.54, 1.807) is 6.20 Å². The number of aryl methyl sites for hydroxylation is 1. The second-order valence-corrected chi connectivity index (χ2v) is 13.1. The lowest BCUT2D eigenvalue weighted by molar-refractivity contribution is -0.142. The summed E-state index contributed by atoms with van der Waals surface area (Å²) in [5.41, 5.74) is 2.71. The predicted molar refractivity (Wildman–Crippen MR) is 169 cm³/mol. The van der Waals surface area contributed by atoms with Crippen molar-refractivity contribution in [3.8, 4) is 0 Å². The third-order valence-corrected chi connectivity index (χ3v) is 9.11. The van der Waals surface area contributed by atoms with Gasteiger partial charge in [0.25, 0.3) is 0 Å². The van der Waals surface area contributed by atoms with Crippen LogP contribution in [0.5, 0.6) is 0 Å². The summed E-state index contributed by atoms with van der Waals surface area (Å²) in [6, 6.07) is 8.26. The number of hydrogen-bond acceptors (Lipinski definition) is 7. The smallest absolute Gasteiger partial charge is 0.310 e. The molecule has 9 heteroatoms. The summed E-state index contributed by atoms with van der Waals surface area (Å²) in [6.07, 6.45) is 13.3. The van der Waals surface area contributed by atoms with Gasteiger partial charge >= 0.3 is 5.97 Å². The third kappa shape index (κ3) is 9.24. The highest BCUT2D eigenvalue weighted by atomic mass is 16.5. The van der Waals surface area contributed by atoms with Gasteiger partial charge in [-0.05, 0) is 81.2 Å². The van der Waals surface area contributed by atoms with Crippen molar-refractivity contribution in [3.05, 3.63) is 71.8 Å². The maximum atomic E-state index is 11.9. The first-order valence-corrected chi connectivity index (χ1v) is 16.3. The van der Waals surface area contributed by atoms with Gasteiger partial charge in [0, 0.05) is 51.0 Å². The van der Waals surface area contributed by atoms with E-state index >= 15 is 0 Å². The molecule has 2 saturated heterocycles. The first-order chi connectivity index (χ1) is 20.9. The minimum absolute atomic E-state index is 0.187. The number of aromatic amines is 1. The summed E-state index contributed by atoms with van der Waals surface area (Å²) in [4.78, 5) is 32.1. The molecule has 1 N–H and O–H groups in total. The fourth-order valence-corrected chi connectivity index (χ4v) is 6.88. The number of rotatable bonds is 15. The molecule has 0 bridgehead atoms. The van der Waals surface area contributed by atoms with Crippen molar-refractivity contribution in [2.75, 3.05) is 45.9 Å². The number of benzene rings is 1. The molecule has 0 aliphatic carbocycles. The topological polar surface area (TPSA) is 82.5 Å². The van der Waals surface area contributed by atoms with Crippen molar-refractivity contribution in [2.45, 2.75) is 79.1 Å². The van der Waals surface area contributed by atoms with Gasteiger partial charge in [-0.3, -0.25) is 9.69 Å². The van der Waals surface area contributed by atoms with Crippen LogP contribution in [0.2, 0.25) is 0 Å². The van der Waals surface area contributed by atoms with Gasteiger partial charge in [-0.25, -0.2) is 9.97 Å². The Kier molecular flexibility index (Phi) is 11.1. The molecule has 4 heterocycles. The molecule has 2 aromatic heterocycles. The van der Waals surface area contributed by atoms with Crippen molar-refractivity contribution in [2.24, 2.45) is 11.3 Å². The summed E-state index contributed by atoms with van der Waals surface area (Å²) in [6.45, 7) is 17.6. The summed E-state index contributed by atoms with van der Waals surface area (Å²) < 4.78 is 7.42. The Morgan fingerprint density at radius 3 is 2.42 bits per heavy atom. The molecule has 9 nitrogen and oxygen atoms in total. The van der Waals surface area contributed by atoms with Crippen molar-refractivity contribution in [1.82, 2.24) is 34.2 Å². The predicted octanol–water partition coefficient (Wildman–Crippen LogP) is 4.75. The number of piperidine rings is 1. The summed E-state index contributed by atoms with van der Waals surface area (Å²) in [7, 11) is 0. The zero-order valence-electron chi connectivity index (χ0n) is 26.5.